The fourth-order valence-electron chi connectivity index (χ4n) is 1.75. The van der Waals surface area contributed by atoms with Gasteiger partial charge in [0.2, 0.25) is 0 Å². The lowest BCUT2D eigenvalue weighted by atomic mass is 10.2. The van der Waals surface area contributed by atoms with Gasteiger partial charge >= 0.3 is 5.97 Å². The third-order valence-corrected chi connectivity index (χ3v) is 2.35. The van der Waals surface area contributed by atoms with Gasteiger partial charge in [-0.05, 0) is 44.5 Å². The van der Waals surface area contributed by atoms with Crippen LogP contribution in [0.4, 0.5) is 0 Å². The summed E-state index contributed by atoms with van der Waals surface area (Å²) in [6.45, 7) is 5.56. The van der Waals surface area contributed by atoms with E-state index in [0.29, 0.717) is 11.5 Å². The second-order valence-corrected chi connectivity index (χ2v) is 4.03. The maximum atomic E-state index is 11.1. The van der Waals surface area contributed by atoms with Crippen molar-refractivity contribution in [1.82, 2.24) is 14.8 Å². The SMILES string of the molecule is Cc1cc(C)nc(-n2nc(C)cc2C(=O)O)c1. The van der Waals surface area contributed by atoms with E-state index in [4.69, 9.17) is 5.11 Å². The van der Waals surface area contributed by atoms with Gasteiger partial charge in [-0.15, -0.1) is 0 Å². The summed E-state index contributed by atoms with van der Waals surface area (Å²) in [6, 6.07) is 5.27. The number of carbonyl (C=O) groups is 1. The summed E-state index contributed by atoms with van der Waals surface area (Å²) >= 11 is 0. The molecule has 0 radical (unpaired) electrons. The Kier molecular flexibility index (Phi) is 2.67. The van der Waals surface area contributed by atoms with Crippen LogP contribution in [0.3, 0.4) is 0 Å². The van der Waals surface area contributed by atoms with Gasteiger partial charge in [-0.1, -0.05) is 0 Å². The Balaban J connectivity index is 2.63. The van der Waals surface area contributed by atoms with E-state index in [0.717, 1.165) is 11.3 Å². The van der Waals surface area contributed by atoms with Crippen LogP contribution < -0.4 is 0 Å². The zero-order chi connectivity index (χ0) is 12.6. The van der Waals surface area contributed by atoms with Crippen LogP contribution in [0.25, 0.3) is 5.82 Å². The second-order valence-electron chi connectivity index (χ2n) is 4.03. The van der Waals surface area contributed by atoms with Crippen LogP contribution in [0.5, 0.6) is 0 Å². The van der Waals surface area contributed by atoms with Crippen molar-refractivity contribution in [1.29, 1.82) is 0 Å². The van der Waals surface area contributed by atoms with Gasteiger partial charge in [0.1, 0.15) is 0 Å². The highest BCUT2D eigenvalue weighted by Gasteiger charge is 2.15. The van der Waals surface area contributed by atoms with E-state index in [1.165, 1.54) is 10.7 Å². The second kappa shape index (κ2) is 4.01. The molecule has 2 aromatic heterocycles. The summed E-state index contributed by atoms with van der Waals surface area (Å²) in [5.41, 5.74) is 2.64. The molecule has 2 rings (SSSR count). The number of nitrogens with zero attached hydrogens (tertiary/aromatic N) is 3. The number of hydrogen-bond donors (Lipinski definition) is 1. The van der Waals surface area contributed by atoms with Crippen molar-refractivity contribution in [2.24, 2.45) is 0 Å². The average molecular weight is 231 g/mol. The van der Waals surface area contributed by atoms with Crippen LogP contribution in [0.15, 0.2) is 18.2 Å². The lowest BCUT2D eigenvalue weighted by Crippen LogP contribution is -2.10. The van der Waals surface area contributed by atoms with E-state index in [1.807, 2.05) is 26.0 Å². The van der Waals surface area contributed by atoms with Crippen LogP contribution in [0.1, 0.15) is 27.4 Å². The van der Waals surface area contributed by atoms with E-state index < -0.39 is 5.97 Å². The van der Waals surface area contributed by atoms with E-state index in [9.17, 15) is 4.79 Å². The van der Waals surface area contributed by atoms with Gasteiger partial charge in [-0.3, -0.25) is 0 Å². The van der Waals surface area contributed by atoms with E-state index in [2.05, 4.69) is 10.1 Å². The number of hydrogen-bond acceptors (Lipinski definition) is 3. The van der Waals surface area contributed by atoms with Crippen molar-refractivity contribution in [2.45, 2.75) is 20.8 Å². The van der Waals surface area contributed by atoms with Crippen molar-refractivity contribution < 1.29 is 9.90 Å². The summed E-state index contributed by atoms with van der Waals surface area (Å²) in [7, 11) is 0. The molecule has 17 heavy (non-hydrogen) atoms. The molecular formula is C12H13N3O2. The number of aromatic carboxylic acids is 1. The summed E-state index contributed by atoms with van der Waals surface area (Å²) in [5, 5.41) is 13.2. The highest BCUT2D eigenvalue weighted by molar-refractivity contribution is 5.86. The van der Waals surface area contributed by atoms with Gasteiger partial charge in [-0.2, -0.15) is 5.10 Å². The lowest BCUT2D eigenvalue weighted by Gasteiger charge is -2.05. The molecule has 0 unspecified atom stereocenters. The van der Waals surface area contributed by atoms with E-state index in [-0.39, 0.29) is 5.69 Å². The van der Waals surface area contributed by atoms with Crippen molar-refractivity contribution in [2.75, 3.05) is 0 Å². The van der Waals surface area contributed by atoms with Crippen molar-refractivity contribution in [3.63, 3.8) is 0 Å². The molecule has 2 heterocycles. The first-order valence-corrected chi connectivity index (χ1v) is 5.23. The molecule has 0 saturated carbocycles. The molecule has 0 atom stereocenters. The number of carboxylic acids is 1. The van der Waals surface area contributed by atoms with Gasteiger partial charge in [0.05, 0.1) is 5.69 Å². The molecule has 0 aliphatic rings. The molecular weight excluding hydrogens is 218 g/mol. The Labute approximate surface area is 98.7 Å². The third kappa shape index (κ3) is 2.18. The monoisotopic (exact) mass is 231 g/mol. The fourth-order valence-corrected chi connectivity index (χ4v) is 1.75. The van der Waals surface area contributed by atoms with Gasteiger partial charge in [0.25, 0.3) is 0 Å². The number of aryl methyl sites for hydroxylation is 3. The molecule has 0 amide bonds. The van der Waals surface area contributed by atoms with Crippen molar-refractivity contribution in [3.05, 3.63) is 40.8 Å². The predicted octanol–water partition coefficient (Wildman–Crippen LogP) is 1.89. The Bertz CT molecular complexity index is 567. The summed E-state index contributed by atoms with van der Waals surface area (Å²) in [4.78, 5) is 15.4. The lowest BCUT2D eigenvalue weighted by molar-refractivity contribution is 0.0686. The minimum Gasteiger partial charge on any atom is -0.477 e. The maximum absolute atomic E-state index is 11.1. The summed E-state index contributed by atoms with van der Waals surface area (Å²) in [5.74, 6) is -0.473. The Morgan fingerprint density at radius 2 is 1.88 bits per heavy atom. The standard InChI is InChI=1S/C12H13N3O2/c1-7-4-8(2)13-11(5-7)15-10(12(16)17)6-9(3)14-15/h4-6H,1-3H3,(H,16,17). The fraction of sp³-hybridized carbons (Fsp3) is 0.250. The quantitative estimate of drug-likeness (QED) is 0.857. The van der Waals surface area contributed by atoms with Crippen LogP contribution in [0, 0.1) is 20.8 Å². The first-order valence-electron chi connectivity index (χ1n) is 5.23. The van der Waals surface area contributed by atoms with Crippen LogP contribution in [-0.2, 0) is 0 Å². The number of rotatable bonds is 2. The minimum atomic E-state index is -1.01. The normalized spacial score (nSPS) is 10.5. The molecule has 2 aromatic rings. The average Bonchev–Trinajstić information content (AvgIpc) is 2.59. The third-order valence-electron chi connectivity index (χ3n) is 2.35. The molecule has 1 N–H and O–H groups in total. The maximum Gasteiger partial charge on any atom is 0.354 e. The summed E-state index contributed by atoms with van der Waals surface area (Å²) in [6.07, 6.45) is 0. The first-order chi connectivity index (χ1) is 7.97. The minimum absolute atomic E-state index is 0.125. The zero-order valence-corrected chi connectivity index (χ0v) is 9.93. The zero-order valence-electron chi connectivity index (χ0n) is 9.93. The van der Waals surface area contributed by atoms with Gasteiger partial charge in [0, 0.05) is 5.69 Å². The van der Waals surface area contributed by atoms with Crippen molar-refractivity contribution >= 4 is 5.97 Å². The highest BCUT2D eigenvalue weighted by Crippen LogP contribution is 2.13. The van der Waals surface area contributed by atoms with Gasteiger partial charge in [0.15, 0.2) is 11.5 Å². The van der Waals surface area contributed by atoms with Crippen LogP contribution >= 0.6 is 0 Å². The highest BCUT2D eigenvalue weighted by atomic mass is 16.4. The Morgan fingerprint density at radius 1 is 1.18 bits per heavy atom. The Morgan fingerprint density at radius 3 is 2.47 bits per heavy atom. The smallest absolute Gasteiger partial charge is 0.354 e. The number of carboxylic acid groups (broad SMARTS) is 1. The molecule has 0 aliphatic carbocycles. The molecule has 88 valence electrons. The number of pyridine rings is 1. The van der Waals surface area contributed by atoms with Crippen LogP contribution in [0.2, 0.25) is 0 Å². The Hall–Kier alpha value is -2.17. The molecule has 0 spiro atoms. The molecule has 0 saturated heterocycles. The topological polar surface area (TPSA) is 68.0 Å². The molecule has 0 aromatic carbocycles. The number of aromatic nitrogens is 3. The van der Waals surface area contributed by atoms with Gasteiger partial charge < -0.3 is 5.11 Å². The van der Waals surface area contributed by atoms with Crippen LogP contribution in [-0.4, -0.2) is 25.8 Å². The predicted molar refractivity (Wildman–Crippen MR) is 62.5 cm³/mol. The first kappa shape index (κ1) is 11.3. The molecule has 0 fully saturated rings. The largest absolute Gasteiger partial charge is 0.477 e. The van der Waals surface area contributed by atoms with E-state index >= 15 is 0 Å². The van der Waals surface area contributed by atoms with Crippen molar-refractivity contribution in [3.8, 4) is 5.82 Å². The summed E-state index contributed by atoms with van der Waals surface area (Å²) < 4.78 is 1.36. The molecule has 5 nitrogen and oxygen atoms in total. The molecule has 0 aliphatic heterocycles. The molecule has 5 heteroatoms. The van der Waals surface area contributed by atoms with E-state index in [1.54, 1.807) is 6.92 Å². The van der Waals surface area contributed by atoms with Gasteiger partial charge in [-0.25, -0.2) is 14.5 Å². The molecule has 0 bridgehead atoms.